The summed E-state index contributed by atoms with van der Waals surface area (Å²) in [6.45, 7) is 3.89. The van der Waals surface area contributed by atoms with Crippen molar-refractivity contribution >= 4 is 5.91 Å². The predicted octanol–water partition coefficient (Wildman–Crippen LogP) is 0.669. The second-order valence-corrected chi connectivity index (χ2v) is 3.36. The van der Waals surface area contributed by atoms with Crippen LogP contribution in [0.15, 0.2) is 16.9 Å². The van der Waals surface area contributed by atoms with E-state index in [4.69, 9.17) is 5.26 Å². The zero-order valence-corrected chi connectivity index (χ0v) is 9.28. The van der Waals surface area contributed by atoms with Crippen LogP contribution in [-0.4, -0.2) is 28.9 Å². The zero-order valence-electron chi connectivity index (χ0n) is 9.28. The molecule has 0 saturated carbocycles. The van der Waals surface area contributed by atoms with Gasteiger partial charge in [-0.2, -0.15) is 5.26 Å². The summed E-state index contributed by atoms with van der Waals surface area (Å²) in [4.78, 5) is 27.2. The molecule has 1 heterocycles. The van der Waals surface area contributed by atoms with Crippen molar-refractivity contribution in [3.8, 4) is 6.07 Å². The van der Waals surface area contributed by atoms with E-state index in [1.165, 1.54) is 11.0 Å². The maximum atomic E-state index is 11.9. The van der Waals surface area contributed by atoms with Crippen LogP contribution in [0.5, 0.6) is 0 Å². The highest BCUT2D eigenvalue weighted by molar-refractivity contribution is 5.93. The maximum Gasteiger partial charge on any atom is 0.260 e. The molecule has 1 aromatic heterocycles. The number of nitrogens with zero attached hydrogens (tertiary/aromatic N) is 2. The Bertz CT molecular complexity index is 485. The fourth-order valence-electron chi connectivity index (χ4n) is 1.32. The number of hydrogen-bond acceptors (Lipinski definition) is 3. The highest BCUT2D eigenvalue weighted by Crippen LogP contribution is 2.00. The van der Waals surface area contributed by atoms with Crippen molar-refractivity contribution in [2.75, 3.05) is 13.1 Å². The number of carbonyl (C=O) groups excluding carboxylic acids is 1. The molecule has 0 aliphatic carbocycles. The van der Waals surface area contributed by atoms with Crippen LogP contribution in [0, 0.1) is 18.3 Å². The van der Waals surface area contributed by atoms with Crippen molar-refractivity contribution < 1.29 is 4.79 Å². The molecule has 0 radical (unpaired) electrons. The van der Waals surface area contributed by atoms with Gasteiger partial charge in [-0.25, -0.2) is 0 Å². The standard InChI is InChI=1S/C11H13N3O2/c1-3-14(7-6-12)11(16)9-5-4-8(2)13-10(9)15/h4-5H,3,7H2,1-2H3,(H,13,15). The van der Waals surface area contributed by atoms with E-state index in [0.717, 1.165) is 0 Å². The average Bonchev–Trinajstić information content (AvgIpc) is 2.25. The van der Waals surface area contributed by atoms with Crippen LogP contribution >= 0.6 is 0 Å². The van der Waals surface area contributed by atoms with E-state index in [1.54, 1.807) is 19.9 Å². The minimum absolute atomic E-state index is 0.0113. The Labute approximate surface area is 93.3 Å². The van der Waals surface area contributed by atoms with Gasteiger partial charge in [0, 0.05) is 12.2 Å². The number of H-pyrrole nitrogens is 1. The molecule has 0 aromatic carbocycles. The molecular weight excluding hydrogens is 206 g/mol. The van der Waals surface area contributed by atoms with Gasteiger partial charge in [0.05, 0.1) is 6.07 Å². The van der Waals surface area contributed by atoms with E-state index >= 15 is 0 Å². The van der Waals surface area contributed by atoms with Gasteiger partial charge in [0.1, 0.15) is 12.1 Å². The van der Waals surface area contributed by atoms with Gasteiger partial charge in [-0.05, 0) is 26.0 Å². The quantitative estimate of drug-likeness (QED) is 0.759. The summed E-state index contributed by atoms with van der Waals surface area (Å²) in [6, 6.07) is 5.04. The molecule has 0 unspecified atom stereocenters. The van der Waals surface area contributed by atoms with Gasteiger partial charge in [-0.1, -0.05) is 0 Å². The third kappa shape index (κ3) is 2.48. The lowest BCUT2D eigenvalue weighted by atomic mass is 10.2. The van der Waals surface area contributed by atoms with Crippen LogP contribution in [-0.2, 0) is 0 Å². The van der Waals surface area contributed by atoms with Crippen molar-refractivity contribution in [1.29, 1.82) is 5.26 Å². The molecule has 5 heteroatoms. The molecule has 0 bridgehead atoms. The highest BCUT2D eigenvalue weighted by Gasteiger charge is 2.16. The van der Waals surface area contributed by atoms with Gasteiger partial charge in [-0.3, -0.25) is 9.59 Å². The first kappa shape index (κ1) is 12.0. The lowest BCUT2D eigenvalue weighted by Gasteiger charge is -2.16. The Balaban J connectivity index is 3.05. The summed E-state index contributed by atoms with van der Waals surface area (Å²) < 4.78 is 0. The van der Waals surface area contributed by atoms with Crippen molar-refractivity contribution in [2.24, 2.45) is 0 Å². The van der Waals surface area contributed by atoms with E-state index in [-0.39, 0.29) is 12.1 Å². The van der Waals surface area contributed by atoms with Crippen LogP contribution < -0.4 is 5.56 Å². The Morgan fingerprint density at radius 3 is 2.75 bits per heavy atom. The minimum Gasteiger partial charge on any atom is -0.326 e. The summed E-state index contributed by atoms with van der Waals surface area (Å²) >= 11 is 0. The predicted molar refractivity (Wildman–Crippen MR) is 59.0 cm³/mol. The van der Waals surface area contributed by atoms with Gasteiger partial charge in [0.2, 0.25) is 0 Å². The molecule has 0 fully saturated rings. The van der Waals surface area contributed by atoms with Gasteiger partial charge in [0.15, 0.2) is 0 Å². The second-order valence-electron chi connectivity index (χ2n) is 3.36. The lowest BCUT2D eigenvalue weighted by molar-refractivity contribution is 0.0782. The number of aromatic nitrogens is 1. The van der Waals surface area contributed by atoms with Gasteiger partial charge >= 0.3 is 0 Å². The van der Waals surface area contributed by atoms with Crippen molar-refractivity contribution in [1.82, 2.24) is 9.88 Å². The van der Waals surface area contributed by atoms with Crippen molar-refractivity contribution in [3.05, 3.63) is 33.7 Å². The normalized spacial score (nSPS) is 9.56. The zero-order chi connectivity index (χ0) is 12.1. The molecular formula is C11H13N3O2. The summed E-state index contributed by atoms with van der Waals surface area (Å²) in [6.07, 6.45) is 0. The molecule has 84 valence electrons. The second kappa shape index (κ2) is 5.12. The molecule has 1 rings (SSSR count). The molecule has 1 N–H and O–H groups in total. The number of nitriles is 1. The van der Waals surface area contributed by atoms with Crippen molar-refractivity contribution in [3.63, 3.8) is 0 Å². The molecule has 0 aliphatic heterocycles. The van der Waals surface area contributed by atoms with Crippen LogP contribution in [0.25, 0.3) is 0 Å². The van der Waals surface area contributed by atoms with Gasteiger partial charge in [-0.15, -0.1) is 0 Å². The van der Waals surface area contributed by atoms with E-state index < -0.39 is 11.5 Å². The van der Waals surface area contributed by atoms with Gasteiger partial charge < -0.3 is 9.88 Å². The Kier molecular flexibility index (Phi) is 3.84. The summed E-state index contributed by atoms with van der Waals surface area (Å²) in [5.41, 5.74) is 0.356. The summed E-state index contributed by atoms with van der Waals surface area (Å²) in [7, 11) is 0. The number of hydrogen-bond donors (Lipinski definition) is 1. The molecule has 1 aromatic rings. The lowest BCUT2D eigenvalue weighted by Crippen LogP contribution is -2.35. The number of pyridine rings is 1. The molecule has 1 amide bonds. The maximum absolute atomic E-state index is 11.9. The largest absolute Gasteiger partial charge is 0.326 e. The molecule has 0 saturated heterocycles. The van der Waals surface area contributed by atoms with E-state index in [9.17, 15) is 9.59 Å². The number of amides is 1. The minimum atomic E-state index is -0.415. The summed E-state index contributed by atoms with van der Waals surface area (Å²) in [5, 5.41) is 8.55. The Morgan fingerprint density at radius 2 is 2.25 bits per heavy atom. The fraction of sp³-hybridized carbons (Fsp3) is 0.364. The third-order valence-electron chi connectivity index (χ3n) is 2.22. The van der Waals surface area contributed by atoms with Crippen LogP contribution in [0.2, 0.25) is 0 Å². The molecule has 5 nitrogen and oxygen atoms in total. The monoisotopic (exact) mass is 219 g/mol. The van der Waals surface area contributed by atoms with Crippen LogP contribution in [0.3, 0.4) is 0 Å². The molecule has 0 spiro atoms. The van der Waals surface area contributed by atoms with E-state index in [2.05, 4.69) is 4.98 Å². The smallest absolute Gasteiger partial charge is 0.260 e. The average molecular weight is 219 g/mol. The van der Waals surface area contributed by atoms with Crippen molar-refractivity contribution in [2.45, 2.75) is 13.8 Å². The molecule has 16 heavy (non-hydrogen) atoms. The summed E-state index contributed by atoms with van der Waals surface area (Å²) in [5.74, 6) is -0.412. The van der Waals surface area contributed by atoms with Crippen LogP contribution in [0.4, 0.5) is 0 Å². The molecule has 0 atom stereocenters. The molecule has 0 aliphatic rings. The Morgan fingerprint density at radius 1 is 1.56 bits per heavy atom. The SMILES string of the molecule is CCN(CC#N)C(=O)c1ccc(C)[nH]c1=O. The topological polar surface area (TPSA) is 77.0 Å². The highest BCUT2D eigenvalue weighted by atomic mass is 16.2. The van der Waals surface area contributed by atoms with E-state index in [0.29, 0.717) is 12.2 Å². The van der Waals surface area contributed by atoms with Crippen LogP contribution in [0.1, 0.15) is 23.0 Å². The first-order chi connectivity index (χ1) is 7.60. The number of carbonyl (C=O) groups is 1. The Hall–Kier alpha value is -2.09. The first-order valence-corrected chi connectivity index (χ1v) is 4.96. The number of aromatic amines is 1. The number of rotatable bonds is 3. The number of nitrogens with one attached hydrogen (secondary N) is 1. The first-order valence-electron chi connectivity index (χ1n) is 4.96. The third-order valence-corrected chi connectivity index (χ3v) is 2.22. The van der Waals surface area contributed by atoms with E-state index in [1.807, 2.05) is 6.07 Å². The number of aryl methyl sites for hydroxylation is 1. The van der Waals surface area contributed by atoms with Gasteiger partial charge in [0.25, 0.3) is 11.5 Å². The fourth-order valence-corrected chi connectivity index (χ4v) is 1.32.